The molecule has 0 fully saturated rings. The van der Waals surface area contributed by atoms with Gasteiger partial charge in [0.1, 0.15) is 17.9 Å². The number of rotatable bonds is 7. The Hall–Kier alpha value is -3.87. The summed E-state index contributed by atoms with van der Waals surface area (Å²) in [6.45, 7) is 5.70. The summed E-state index contributed by atoms with van der Waals surface area (Å²) in [4.78, 5) is 21.0. The van der Waals surface area contributed by atoms with Crippen LogP contribution in [0.4, 0.5) is 5.82 Å². The number of aromatic nitrogens is 3. The monoisotopic (exact) mass is 441 g/mol. The molecule has 3 heterocycles. The second-order valence-corrected chi connectivity index (χ2v) is 8.28. The zero-order valence-electron chi connectivity index (χ0n) is 19.1. The quantitative estimate of drug-likeness (QED) is 0.434. The van der Waals surface area contributed by atoms with E-state index in [9.17, 15) is 4.79 Å². The number of anilines is 1. The first-order valence-corrected chi connectivity index (χ1v) is 11.2. The van der Waals surface area contributed by atoms with Crippen LogP contribution in [-0.4, -0.2) is 34.1 Å². The lowest BCUT2D eigenvalue weighted by molar-refractivity contribution is 0.0955. The molecule has 1 unspecified atom stereocenters. The van der Waals surface area contributed by atoms with Crippen molar-refractivity contribution in [3.63, 3.8) is 0 Å². The highest BCUT2D eigenvalue weighted by atomic mass is 16.5. The first-order valence-electron chi connectivity index (χ1n) is 11.2. The molecular formula is C26H27N5O2. The first-order chi connectivity index (χ1) is 16.1. The van der Waals surface area contributed by atoms with E-state index < -0.39 is 0 Å². The van der Waals surface area contributed by atoms with Gasteiger partial charge in [0, 0.05) is 41.4 Å². The topological polar surface area (TPSA) is 81.1 Å². The van der Waals surface area contributed by atoms with Gasteiger partial charge < -0.3 is 19.9 Å². The van der Waals surface area contributed by atoms with Crippen LogP contribution in [0, 0.1) is 6.92 Å². The van der Waals surface area contributed by atoms with Crippen molar-refractivity contribution in [2.24, 2.45) is 0 Å². The van der Waals surface area contributed by atoms with Crippen molar-refractivity contribution in [3.05, 3.63) is 71.7 Å². The molecular weight excluding hydrogens is 414 g/mol. The van der Waals surface area contributed by atoms with Gasteiger partial charge in [-0.1, -0.05) is 19.1 Å². The van der Waals surface area contributed by atoms with E-state index in [4.69, 9.17) is 4.74 Å². The number of benzene rings is 2. The van der Waals surface area contributed by atoms with Crippen LogP contribution in [-0.2, 0) is 6.54 Å². The number of carbonyl (C=O) groups excluding carboxylic acids is 1. The van der Waals surface area contributed by atoms with Gasteiger partial charge in [0.05, 0.1) is 24.4 Å². The number of aryl methyl sites for hydroxylation is 1. The molecule has 1 atom stereocenters. The summed E-state index contributed by atoms with van der Waals surface area (Å²) >= 11 is 0. The van der Waals surface area contributed by atoms with Crippen molar-refractivity contribution in [2.75, 3.05) is 19.0 Å². The summed E-state index contributed by atoms with van der Waals surface area (Å²) < 4.78 is 7.78. The van der Waals surface area contributed by atoms with Crippen molar-refractivity contribution in [1.29, 1.82) is 0 Å². The van der Waals surface area contributed by atoms with E-state index in [0.717, 1.165) is 64.4 Å². The molecule has 0 bridgehead atoms. The Balaban J connectivity index is 1.33. The highest BCUT2D eigenvalue weighted by molar-refractivity contribution is 5.99. The van der Waals surface area contributed by atoms with E-state index in [1.807, 2.05) is 30.3 Å². The molecule has 1 aliphatic heterocycles. The van der Waals surface area contributed by atoms with E-state index in [1.54, 1.807) is 13.4 Å². The molecule has 4 aromatic rings. The largest absolute Gasteiger partial charge is 0.496 e. The van der Waals surface area contributed by atoms with Crippen LogP contribution in [0.2, 0.25) is 0 Å². The molecule has 0 spiro atoms. The Labute approximate surface area is 192 Å². The predicted molar refractivity (Wildman–Crippen MR) is 130 cm³/mol. The van der Waals surface area contributed by atoms with Gasteiger partial charge >= 0.3 is 0 Å². The van der Waals surface area contributed by atoms with E-state index >= 15 is 0 Å². The third kappa shape index (κ3) is 3.80. The summed E-state index contributed by atoms with van der Waals surface area (Å²) in [6, 6.07) is 16.2. The molecule has 0 saturated heterocycles. The van der Waals surface area contributed by atoms with Gasteiger partial charge in [-0.05, 0) is 49.2 Å². The third-order valence-electron chi connectivity index (χ3n) is 6.32. The van der Waals surface area contributed by atoms with Crippen LogP contribution >= 0.6 is 0 Å². The average molecular weight is 442 g/mol. The SMILES string of the molecule is CCC1NC(=O)c2ccc(-c3cc(NCCn4c(C)cc5c(OC)cccc54)ncn3)cc21. The molecule has 1 amide bonds. The summed E-state index contributed by atoms with van der Waals surface area (Å²) in [5.41, 5.74) is 5.95. The number of amides is 1. The van der Waals surface area contributed by atoms with Crippen molar-refractivity contribution >= 4 is 22.6 Å². The summed E-state index contributed by atoms with van der Waals surface area (Å²) in [7, 11) is 1.70. The molecule has 1 aliphatic rings. The van der Waals surface area contributed by atoms with Crippen LogP contribution in [0.25, 0.3) is 22.2 Å². The van der Waals surface area contributed by atoms with Gasteiger partial charge in [0.2, 0.25) is 0 Å². The van der Waals surface area contributed by atoms with Crippen molar-refractivity contribution in [3.8, 4) is 17.0 Å². The van der Waals surface area contributed by atoms with Gasteiger partial charge in [-0.15, -0.1) is 0 Å². The standard InChI is InChI=1S/C26H27N5O2/c1-4-21-19-13-17(8-9-18(19)26(32)30-21)22-14-25(29-15-28-22)27-10-11-31-16(2)12-20-23(31)6-5-7-24(20)33-3/h5-9,12-15,21H,4,10-11H2,1-3H3,(H,30,32)(H,27,28,29). The number of fused-ring (bicyclic) bond motifs is 2. The van der Waals surface area contributed by atoms with Crippen LogP contribution in [0.5, 0.6) is 5.75 Å². The number of nitrogens with zero attached hydrogens (tertiary/aromatic N) is 3. The molecule has 33 heavy (non-hydrogen) atoms. The van der Waals surface area contributed by atoms with E-state index in [1.165, 1.54) is 5.69 Å². The number of nitrogens with one attached hydrogen (secondary N) is 2. The number of hydrogen-bond donors (Lipinski definition) is 2. The van der Waals surface area contributed by atoms with E-state index in [2.05, 4.69) is 57.2 Å². The molecule has 2 N–H and O–H groups in total. The second kappa shape index (κ2) is 8.58. The lowest BCUT2D eigenvalue weighted by Crippen LogP contribution is -2.17. The van der Waals surface area contributed by atoms with Gasteiger partial charge in [0.15, 0.2) is 0 Å². The maximum Gasteiger partial charge on any atom is 0.252 e. The van der Waals surface area contributed by atoms with Crippen molar-refractivity contribution < 1.29 is 9.53 Å². The normalized spacial score (nSPS) is 14.9. The fourth-order valence-corrected chi connectivity index (χ4v) is 4.62. The minimum atomic E-state index is -0.00103. The van der Waals surface area contributed by atoms with E-state index in [-0.39, 0.29) is 11.9 Å². The Morgan fingerprint density at radius 3 is 2.85 bits per heavy atom. The third-order valence-corrected chi connectivity index (χ3v) is 6.32. The van der Waals surface area contributed by atoms with Gasteiger partial charge in [-0.2, -0.15) is 0 Å². The van der Waals surface area contributed by atoms with Crippen LogP contribution in [0.1, 0.15) is 41.0 Å². The molecule has 2 aromatic heterocycles. The Morgan fingerprint density at radius 1 is 1.15 bits per heavy atom. The number of methoxy groups -OCH3 is 1. The fraction of sp³-hybridized carbons (Fsp3) is 0.269. The highest BCUT2D eigenvalue weighted by Gasteiger charge is 2.27. The predicted octanol–water partition coefficient (Wildman–Crippen LogP) is 4.72. The maximum absolute atomic E-state index is 12.1. The zero-order valence-corrected chi connectivity index (χ0v) is 19.1. The zero-order chi connectivity index (χ0) is 22.9. The van der Waals surface area contributed by atoms with Crippen molar-refractivity contribution in [1.82, 2.24) is 19.9 Å². The lowest BCUT2D eigenvalue weighted by atomic mass is 9.99. The first kappa shape index (κ1) is 21.0. The molecule has 5 rings (SSSR count). The highest BCUT2D eigenvalue weighted by Crippen LogP contribution is 2.32. The summed E-state index contributed by atoms with van der Waals surface area (Å²) in [5.74, 6) is 1.66. The molecule has 0 aliphatic carbocycles. The summed E-state index contributed by atoms with van der Waals surface area (Å²) in [5, 5.41) is 7.58. The molecule has 7 heteroatoms. The minimum Gasteiger partial charge on any atom is -0.496 e. The van der Waals surface area contributed by atoms with Gasteiger partial charge in [-0.3, -0.25) is 4.79 Å². The van der Waals surface area contributed by atoms with Crippen LogP contribution < -0.4 is 15.4 Å². The Kier molecular flexibility index (Phi) is 5.46. The minimum absolute atomic E-state index is 0.00103. The smallest absolute Gasteiger partial charge is 0.252 e. The number of ether oxygens (including phenoxy) is 1. The number of carbonyl (C=O) groups is 1. The molecule has 2 aromatic carbocycles. The molecule has 0 radical (unpaired) electrons. The van der Waals surface area contributed by atoms with Gasteiger partial charge in [0.25, 0.3) is 5.91 Å². The second-order valence-electron chi connectivity index (χ2n) is 8.28. The average Bonchev–Trinajstić information content (AvgIpc) is 3.34. The Bertz CT molecular complexity index is 1340. The lowest BCUT2D eigenvalue weighted by Gasteiger charge is -2.12. The fourth-order valence-electron chi connectivity index (χ4n) is 4.62. The molecule has 168 valence electrons. The maximum atomic E-state index is 12.1. The van der Waals surface area contributed by atoms with Crippen LogP contribution in [0.3, 0.4) is 0 Å². The van der Waals surface area contributed by atoms with Gasteiger partial charge in [-0.25, -0.2) is 9.97 Å². The van der Waals surface area contributed by atoms with E-state index in [0.29, 0.717) is 0 Å². The Morgan fingerprint density at radius 2 is 2.03 bits per heavy atom. The number of hydrogen-bond acceptors (Lipinski definition) is 5. The van der Waals surface area contributed by atoms with Crippen LogP contribution in [0.15, 0.2) is 54.9 Å². The van der Waals surface area contributed by atoms with Crippen molar-refractivity contribution in [2.45, 2.75) is 32.9 Å². The molecule has 0 saturated carbocycles. The summed E-state index contributed by atoms with van der Waals surface area (Å²) in [6.07, 6.45) is 2.44. The molecule has 7 nitrogen and oxygen atoms in total.